The van der Waals surface area contributed by atoms with Crippen molar-refractivity contribution in [1.82, 2.24) is 15.3 Å². The average Bonchev–Trinajstić information content (AvgIpc) is 3.10. The zero-order valence-electron chi connectivity index (χ0n) is 13.4. The number of hydrogen-bond acceptors (Lipinski definition) is 6. The monoisotopic (exact) mass is 357 g/mol. The molecule has 1 aromatic carbocycles. The summed E-state index contributed by atoms with van der Waals surface area (Å²) in [5, 5.41) is 14.6. The van der Waals surface area contributed by atoms with Crippen molar-refractivity contribution in [2.45, 2.75) is 6.42 Å². The summed E-state index contributed by atoms with van der Waals surface area (Å²) in [6.45, 7) is 0.336. The van der Waals surface area contributed by atoms with Gasteiger partial charge in [0.15, 0.2) is 5.69 Å². The summed E-state index contributed by atoms with van der Waals surface area (Å²) < 4.78 is 5.33. The fourth-order valence-electron chi connectivity index (χ4n) is 2.33. The number of nitrogens with one attached hydrogen (secondary N) is 1. The maximum atomic E-state index is 12.3. The Balaban J connectivity index is 1.68. The van der Waals surface area contributed by atoms with Crippen molar-refractivity contribution in [2.24, 2.45) is 0 Å². The van der Waals surface area contributed by atoms with Crippen molar-refractivity contribution >= 4 is 34.1 Å². The molecule has 0 atom stereocenters. The van der Waals surface area contributed by atoms with Crippen LogP contribution >= 0.6 is 11.3 Å². The van der Waals surface area contributed by atoms with Gasteiger partial charge in [0.25, 0.3) is 5.91 Å². The third-order valence-electron chi connectivity index (χ3n) is 3.53. The molecule has 0 fully saturated rings. The van der Waals surface area contributed by atoms with Crippen LogP contribution < -0.4 is 10.1 Å². The fraction of sp³-hybridized carbons (Fsp3) is 0.176. The zero-order valence-corrected chi connectivity index (χ0v) is 14.2. The summed E-state index contributed by atoms with van der Waals surface area (Å²) in [6, 6.07) is 9.03. The van der Waals surface area contributed by atoms with E-state index in [-0.39, 0.29) is 17.3 Å². The lowest BCUT2D eigenvalue weighted by Crippen LogP contribution is -2.26. The number of thiazole rings is 1. The molecule has 0 aliphatic heterocycles. The zero-order chi connectivity index (χ0) is 17.8. The largest absolute Gasteiger partial charge is 0.496 e. The summed E-state index contributed by atoms with van der Waals surface area (Å²) in [5.74, 6) is -0.792. The Hall–Kier alpha value is -3.00. The number of aromatic carboxylic acids is 1. The van der Waals surface area contributed by atoms with Crippen molar-refractivity contribution in [3.05, 3.63) is 52.1 Å². The molecule has 128 valence electrons. The van der Waals surface area contributed by atoms with E-state index in [1.807, 2.05) is 24.3 Å². The number of amides is 1. The van der Waals surface area contributed by atoms with Crippen LogP contribution in [0.25, 0.3) is 10.9 Å². The predicted octanol–water partition coefficient (Wildman–Crippen LogP) is 2.37. The molecule has 1 amide bonds. The molecule has 2 aromatic heterocycles. The molecule has 2 N–H and O–H groups in total. The van der Waals surface area contributed by atoms with Crippen LogP contribution in [0.3, 0.4) is 0 Å². The van der Waals surface area contributed by atoms with Gasteiger partial charge < -0.3 is 15.2 Å². The highest BCUT2D eigenvalue weighted by Crippen LogP contribution is 2.24. The number of carbonyl (C=O) groups excluding carboxylic acids is 1. The molecule has 0 spiro atoms. The number of nitrogens with zero attached hydrogens (tertiary/aromatic N) is 2. The molecule has 25 heavy (non-hydrogen) atoms. The highest BCUT2D eigenvalue weighted by Gasteiger charge is 2.13. The molecule has 0 saturated heterocycles. The molecule has 3 aromatic rings. The number of carboxylic acid groups (broad SMARTS) is 1. The lowest BCUT2D eigenvalue weighted by molar-refractivity contribution is 0.0690. The molecule has 0 aliphatic rings. The van der Waals surface area contributed by atoms with Crippen LogP contribution in [0.15, 0.2) is 35.7 Å². The number of pyridine rings is 1. The first-order valence-corrected chi connectivity index (χ1v) is 8.36. The van der Waals surface area contributed by atoms with Gasteiger partial charge in [-0.25, -0.2) is 14.8 Å². The van der Waals surface area contributed by atoms with Crippen LogP contribution in [-0.4, -0.2) is 40.6 Å². The van der Waals surface area contributed by atoms with Crippen LogP contribution in [0.2, 0.25) is 0 Å². The number of rotatable bonds is 6. The van der Waals surface area contributed by atoms with Crippen molar-refractivity contribution in [2.75, 3.05) is 13.7 Å². The van der Waals surface area contributed by atoms with Gasteiger partial charge in [-0.2, -0.15) is 0 Å². The highest BCUT2D eigenvalue weighted by atomic mass is 32.1. The average molecular weight is 357 g/mol. The molecule has 2 heterocycles. The van der Waals surface area contributed by atoms with Gasteiger partial charge in [0, 0.05) is 29.8 Å². The Labute approximate surface area is 147 Å². The van der Waals surface area contributed by atoms with E-state index in [0.29, 0.717) is 29.2 Å². The molecule has 0 aliphatic carbocycles. The minimum atomic E-state index is -1.06. The minimum Gasteiger partial charge on any atom is -0.496 e. The van der Waals surface area contributed by atoms with Crippen LogP contribution in [0.5, 0.6) is 5.75 Å². The number of benzene rings is 1. The van der Waals surface area contributed by atoms with Crippen LogP contribution in [-0.2, 0) is 6.42 Å². The maximum Gasteiger partial charge on any atom is 0.355 e. The predicted molar refractivity (Wildman–Crippen MR) is 93.4 cm³/mol. The van der Waals surface area contributed by atoms with E-state index < -0.39 is 5.97 Å². The standard InChI is InChI=1S/C17H15N3O4S/c1-24-14-8-12(19-11-5-3-2-4-10(11)14)16(21)18-7-6-15-20-13(9-25-15)17(22)23/h2-5,8-9H,6-7H2,1H3,(H,18,21)(H,22,23). The van der Waals surface area contributed by atoms with Crippen LogP contribution in [0, 0.1) is 0 Å². The van der Waals surface area contributed by atoms with E-state index in [1.165, 1.54) is 16.7 Å². The third kappa shape index (κ3) is 3.74. The Morgan fingerprint density at radius 2 is 2.04 bits per heavy atom. The second kappa shape index (κ2) is 7.27. The van der Waals surface area contributed by atoms with E-state index in [2.05, 4.69) is 15.3 Å². The van der Waals surface area contributed by atoms with Crippen LogP contribution in [0.4, 0.5) is 0 Å². The number of fused-ring (bicyclic) bond motifs is 1. The van der Waals surface area contributed by atoms with E-state index >= 15 is 0 Å². The number of aromatic nitrogens is 2. The Morgan fingerprint density at radius 3 is 2.76 bits per heavy atom. The SMILES string of the molecule is COc1cc(C(=O)NCCc2nc(C(=O)O)cs2)nc2ccccc12. The molecule has 7 nitrogen and oxygen atoms in total. The number of hydrogen-bond donors (Lipinski definition) is 2. The molecular weight excluding hydrogens is 342 g/mol. The normalized spacial score (nSPS) is 10.6. The number of carboxylic acids is 1. The second-order valence-corrected chi connectivity index (χ2v) is 6.11. The van der Waals surface area contributed by atoms with Gasteiger partial charge >= 0.3 is 5.97 Å². The maximum absolute atomic E-state index is 12.3. The first kappa shape index (κ1) is 16.8. The van der Waals surface area contributed by atoms with Crippen LogP contribution in [0.1, 0.15) is 26.0 Å². The van der Waals surface area contributed by atoms with Crippen molar-refractivity contribution in [3.8, 4) is 5.75 Å². The van der Waals surface area contributed by atoms with Gasteiger partial charge in [0.2, 0.25) is 0 Å². The summed E-state index contributed by atoms with van der Waals surface area (Å²) in [5.41, 5.74) is 0.964. The molecule has 3 rings (SSSR count). The Kier molecular flexibility index (Phi) is 4.90. The van der Waals surface area contributed by atoms with E-state index in [4.69, 9.17) is 9.84 Å². The second-order valence-electron chi connectivity index (χ2n) is 5.16. The van der Waals surface area contributed by atoms with Gasteiger partial charge in [-0.1, -0.05) is 12.1 Å². The number of para-hydroxylation sites is 1. The van der Waals surface area contributed by atoms with Crippen molar-refractivity contribution in [1.29, 1.82) is 0 Å². The summed E-state index contributed by atoms with van der Waals surface area (Å²) in [6.07, 6.45) is 0.453. The van der Waals surface area contributed by atoms with Gasteiger partial charge in [0.05, 0.1) is 17.6 Å². The van der Waals surface area contributed by atoms with Gasteiger partial charge in [0.1, 0.15) is 11.4 Å². The van der Waals surface area contributed by atoms with E-state index in [9.17, 15) is 9.59 Å². The van der Waals surface area contributed by atoms with Gasteiger partial charge in [-0.3, -0.25) is 4.79 Å². The Bertz CT molecular complexity index is 939. The fourth-order valence-corrected chi connectivity index (χ4v) is 3.10. The van der Waals surface area contributed by atoms with Gasteiger partial charge in [-0.05, 0) is 12.1 Å². The molecule has 8 heteroatoms. The topological polar surface area (TPSA) is 101 Å². The molecule has 0 radical (unpaired) electrons. The lowest BCUT2D eigenvalue weighted by atomic mass is 10.1. The summed E-state index contributed by atoms with van der Waals surface area (Å²) in [4.78, 5) is 31.5. The summed E-state index contributed by atoms with van der Waals surface area (Å²) in [7, 11) is 1.55. The molecule has 0 bridgehead atoms. The Morgan fingerprint density at radius 1 is 1.24 bits per heavy atom. The van der Waals surface area contributed by atoms with E-state index in [1.54, 1.807) is 13.2 Å². The van der Waals surface area contributed by atoms with Crippen molar-refractivity contribution in [3.63, 3.8) is 0 Å². The van der Waals surface area contributed by atoms with Crippen molar-refractivity contribution < 1.29 is 19.4 Å². The molecular formula is C17H15N3O4S. The number of carbonyl (C=O) groups is 2. The number of methoxy groups -OCH3 is 1. The van der Waals surface area contributed by atoms with Gasteiger partial charge in [-0.15, -0.1) is 11.3 Å². The molecule has 0 saturated carbocycles. The third-order valence-corrected chi connectivity index (χ3v) is 4.43. The van der Waals surface area contributed by atoms with E-state index in [0.717, 1.165) is 5.39 Å². The first-order chi connectivity index (χ1) is 12.1. The summed E-state index contributed by atoms with van der Waals surface area (Å²) >= 11 is 1.25. The quantitative estimate of drug-likeness (QED) is 0.702. The molecule has 0 unspecified atom stereocenters. The minimum absolute atomic E-state index is 0.0206. The number of ether oxygens (including phenoxy) is 1. The smallest absolute Gasteiger partial charge is 0.355 e. The lowest BCUT2D eigenvalue weighted by Gasteiger charge is -2.08. The highest BCUT2D eigenvalue weighted by molar-refractivity contribution is 7.09. The first-order valence-electron chi connectivity index (χ1n) is 7.48.